The largest absolute Gasteiger partial charge is 0.471 e. The van der Waals surface area contributed by atoms with E-state index in [1.807, 2.05) is 57.1 Å². The molecule has 4 rings (SSSR count). The summed E-state index contributed by atoms with van der Waals surface area (Å²) < 4.78 is 7.69. The summed E-state index contributed by atoms with van der Waals surface area (Å²) in [6.07, 6.45) is 4.42. The zero-order chi connectivity index (χ0) is 21.3. The first-order valence-corrected chi connectivity index (χ1v) is 10.1. The molecule has 156 valence electrons. The van der Waals surface area contributed by atoms with E-state index >= 15 is 0 Å². The first-order valence-electron chi connectivity index (χ1n) is 10.1. The molecule has 0 fully saturated rings. The molecule has 1 aliphatic rings. The van der Waals surface area contributed by atoms with E-state index in [1.165, 1.54) is 5.56 Å². The zero-order valence-corrected chi connectivity index (χ0v) is 17.8. The predicted octanol–water partition coefficient (Wildman–Crippen LogP) is 2.70. The van der Waals surface area contributed by atoms with Crippen LogP contribution in [0.25, 0.3) is 11.3 Å². The van der Waals surface area contributed by atoms with Crippen molar-refractivity contribution in [3.05, 3.63) is 53.1 Å². The molecule has 0 saturated carbocycles. The van der Waals surface area contributed by atoms with Crippen molar-refractivity contribution in [3.63, 3.8) is 0 Å². The number of pyridine rings is 2. The summed E-state index contributed by atoms with van der Waals surface area (Å²) in [7, 11) is 1.84. The van der Waals surface area contributed by atoms with E-state index in [1.54, 1.807) is 10.9 Å². The lowest BCUT2D eigenvalue weighted by Crippen LogP contribution is -2.38. The van der Waals surface area contributed by atoms with Crippen LogP contribution in [0.15, 0.2) is 30.6 Å². The molecule has 0 unspecified atom stereocenters. The average molecular weight is 406 g/mol. The molecular formula is C22H26N6O2. The molecule has 8 nitrogen and oxygen atoms in total. The van der Waals surface area contributed by atoms with E-state index in [0.29, 0.717) is 19.0 Å². The number of nitrogens with zero attached hydrogens (tertiary/aromatic N) is 6. The molecule has 1 aliphatic heterocycles. The van der Waals surface area contributed by atoms with E-state index in [0.717, 1.165) is 41.2 Å². The smallest absolute Gasteiger partial charge is 0.225 e. The standard InChI is InChI=1S/C22H26N6O2/c1-14(2)22(29)28-8-7-16-9-20(24-11-18(16)12-28)30-13-19-21(25-26-27(19)4)17-6-5-15(3)23-10-17/h5-6,9-11,14H,7-8,12-13H2,1-4H3. The highest BCUT2D eigenvalue weighted by molar-refractivity contribution is 5.78. The van der Waals surface area contributed by atoms with Gasteiger partial charge in [-0.3, -0.25) is 9.78 Å². The molecule has 0 radical (unpaired) electrons. The third-order valence-corrected chi connectivity index (χ3v) is 5.36. The Morgan fingerprint density at radius 2 is 2.03 bits per heavy atom. The Labute approximate surface area is 175 Å². The summed E-state index contributed by atoms with van der Waals surface area (Å²) in [4.78, 5) is 23.0. The second-order valence-electron chi connectivity index (χ2n) is 7.94. The van der Waals surface area contributed by atoms with Crippen LogP contribution in [0.1, 0.15) is 36.4 Å². The van der Waals surface area contributed by atoms with Gasteiger partial charge in [0.15, 0.2) is 0 Å². The molecule has 0 N–H and O–H groups in total. The fourth-order valence-corrected chi connectivity index (χ4v) is 3.56. The SMILES string of the molecule is Cc1ccc(-c2nnn(C)c2COc2cc3c(cn2)CN(C(=O)C(C)C)CC3)cn1. The molecular weight excluding hydrogens is 380 g/mol. The van der Waals surface area contributed by atoms with Gasteiger partial charge in [0.25, 0.3) is 0 Å². The Bertz CT molecular complexity index is 1060. The summed E-state index contributed by atoms with van der Waals surface area (Å²) in [5.41, 5.74) is 5.72. The van der Waals surface area contributed by atoms with Crippen molar-refractivity contribution in [3.8, 4) is 17.1 Å². The molecule has 8 heteroatoms. The van der Waals surface area contributed by atoms with Crippen LogP contribution in [0.5, 0.6) is 5.88 Å². The molecule has 0 saturated heterocycles. The molecule has 3 aromatic rings. The normalized spacial score (nSPS) is 13.4. The van der Waals surface area contributed by atoms with Gasteiger partial charge in [0.1, 0.15) is 18.0 Å². The van der Waals surface area contributed by atoms with Gasteiger partial charge >= 0.3 is 0 Å². The second kappa shape index (κ2) is 8.22. The molecule has 0 spiro atoms. The Hall–Kier alpha value is -3.29. The van der Waals surface area contributed by atoms with Crippen molar-refractivity contribution in [1.29, 1.82) is 0 Å². The van der Waals surface area contributed by atoms with Crippen LogP contribution in [-0.2, 0) is 31.4 Å². The molecule has 0 atom stereocenters. The van der Waals surface area contributed by atoms with Crippen LogP contribution in [0.3, 0.4) is 0 Å². The summed E-state index contributed by atoms with van der Waals surface area (Å²) in [5.74, 6) is 0.752. The van der Waals surface area contributed by atoms with Crippen LogP contribution < -0.4 is 4.74 Å². The van der Waals surface area contributed by atoms with Crippen molar-refractivity contribution in [2.45, 2.75) is 40.3 Å². The molecule has 3 aromatic heterocycles. The van der Waals surface area contributed by atoms with Gasteiger partial charge in [0, 0.05) is 55.8 Å². The summed E-state index contributed by atoms with van der Waals surface area (Å²) in [6.45, 7) is 7.45. The van der Waals surface area contributed by atoms with Crippen molar-refractivity contribution in [1.82, 2.24) is 29.9 Å². The fraction of sp³-hybridized carbons (Fsp3) is 0.409. The number of carbonyl (C=O) groups excluding carboxylic acids is 1. The number of rotatable bonds is 5. The topological polar surface area (TPSA) is 86.0 Å². The molecule has 0 aromatic carbocycles. The lowest BCUT2D eigenvalue weighted by Gasteiger charge is -2.30. The molecule has 30 heavy (non-hydrogen) atoms. The minimum Gasteiger partial charge on any atom is -0.471 e. The summed E-state index contributed by atoms with van der Waals surface area (Å²) in [5, 5.41) is 8.41. The van der Waals surface area contributed by atoms with Gasteiger partial charge in [-0.05, 0) is 36.6 Å². The number of amides is 1. The number of hydrogen-bond acceptors (Lipinski definition) is 6. The van der Waals surface area contributed by atoms with Gasteiger partial charge in [-0.2, -0.15) is 0 Å². The third-order valence-electron chi connectivity index (χ3n) is 5.36. The van der Waals surface area contributed by atoms with Gasteiger partial charge in [0.05, 0.1) is 0 Å². The van der Waals surface area contributed by atoms with Gasteiger partial charge in [-0.1, -0.05) is 19.1 Å². The van der Waals surface area contributed by atoms with Crippen LogP contribution >= 0.6 is 0 Å². The van der Waals surface area contributed by atoms with Gasteiger partial charge in [-0.15, -0.1) is 5.10 Å². The Morgan fingerprint density at radius 3 is 2.77 bits per heavy atom. The number of fused-ring (bicyclic) bond motifs is 1. The zero-order valence-electron chi connectivity index (χ0n) is 17.8. The minimum absolute atomic E-state index is 0.00699. The first kappa shape index (κ1) is 20.0. The van der Waals surface area contributed by atoms with E-state index in [2.05, 4.69) is 20.3 Å². The number of hydrogen-bond donors (Lipinski definition) is 0. The van der Waals surface area contributed by atoms with Crippen molar-refractivity contribution in [2.75, 3.05) is 6.54 Å². The summed E-state index contributed by atoms with van der Waals surface area (Å²) in [6, 6.07) is 5.91. The van der Waals surface area contributed by atoms with E-state index in [-0.39, 0.29) is 11.8 Å². The molecule has 4 heterocycles. The van der Waals surface area contributed by atoms with Crippen molar-refractivity contribution in [2.24, 2.45) is 13.0 Å². The maximum absolute atomic E-state index is 12.3. The van der Waals surface area contributed by atoms with E-state index < -0.39 is 0 Å². The van der Waals surface area contributed by atoms with Crippen LogP contribution in [0.2, 0.25) is 0 Å². The quantitative estimate of drug-likeness (QED) is 0.648. The Kier molecular flexibility index (Phi) is 5.48. The number of carbonyl (C=O) groups is 1. The predicted molar refractivity (Wildman–Crippen MR) is 111 cm³/mol. The first-order chi connectivity index (χ1) is 14.4. The Morgan fingerprint density at radius 1 is 1.20 bits per heavy atom. The lowest BCUT2D eigenvalue weighted by atomic mass is 10.0. The van der Waals surface area contributed by atoms with Crippen molar-refractivity contribution < 1.29 is 9.53 Å². The monoisotopic (exact) mass is 406 g/mol. The Balaban J connectivity index is 1.48. The molecule has 0 aliphatic carbocycles. The van der Waals surface area contributed by atoms with Gasteiger partial charge in [0.2, 0.25) is 11.8 Å². The lowest BCUT2D eigenvalue weighted by molar-refractivity contribution is -0.135. The van der Waals surface area contributed by atoms with Crippen LogP contribution in [0, 0.1) is 12.8 Å². The van der Waals surface area contributed by atoms with Gasteiger partial charge in [-0.25, -0.2) is 9.67 Å². The van der Waals surface area contributed by atoms with E-state index in [9.17, 15) is 4.79 Å². The van der Waals surface area contributed by atoms with Crippen molar-refractivity contribution >= 4 is 5.91 Å². The number of ether oxygens (including phenoxy) is 1. The fourth-order valence-electron chi connectivity index (χ4n) is 3.56. The van der Waals surface area contributed by atoms with Crippen LogP contribution in [-0.4, -0.2) is 42.3 Å². The molecule has 0 bridgehead atoms. The highest BCUT2D eigenvalue weighted by Gasteiger charge is 2.23. The maximum Gasteiger partial charge on any atom is 0.225 e. The third kappa shape index (κ3) is 4.03. The number of aromatic nitrogens is 5. The molecule has 1 amide bonds. The minimum atomic E-state index is 0.00699. The maximum atomic E-state index is 12.3. The highest BCUT2D eigenvalue weighted by Crippen LogP contribution is 2.25. The van der Waals surface area contributed by atoms with Gasteiger partial charge < -0.3 is 9.64 Å². The van der Waals surface area contributed by atoms with E-state index in [4.69, 9.17) is 4.74 Å². The average Bonchev–Trinajstić information content (AvgIpc) is 3.12. The summed E-state index contributed by atoms with van der Waals surface area (Å²) >= 11 is 0. The second-order valence-corrected chi connectivity index (χ2v) is 7.94. The number of aryl methyl sites for hydroxylation is 2. The van der Waals surface area contributed by atoms with Crippen LogP contribution in [0.4, 0.5) is 0 Å². The highest BCUT2D eigenvalue weighted by atomic mass is 16.5.